The van der Waals surface area contributed by atoms with Crippen LogP contribution in [0.3, 0.4) is 0 Å². The molecule has 1 saturated carbocycles. The average Bonchev–Trinajstić information content (AvgIpc) is 3.66. The first-order valence-corrected chi connectivity index (χ1v) is 19.0. The van der Waals surface area contributed by atoms with E-state index in [4.69, 9.17) is 26.8 Å². The van der Waals surface area contributed by atoms with Gasteiger partial charge >= 0.3 is 6.03 Å². The summed E-state index contributed by atoms with van der Waals surface area (Å²) in [5.41, 5.74) is 7.48. The van der Waals surface area contributed by atoms with Crippen molar-refractivity contribution >= 4 is 50.4 Å². The zero-order valence-corrected chi connectivity index (χ0v) is 29.6. The van der Waals surface area contributed by atoms with Gasteiger partial charge in [0, 0.05) is 48.2 Å². The molecule has 51 heavy (non-hydrogen) atoms. The standard InChI is InChI=1S/C37H40ClN5O7S/c38-27-7-4-8-28(19-27)50-34-12-11-29(20-31(34)35(44)41-13-15-49-16-14-41)51(47,48)43-33(18-26-22-40-32-10-2-1-9-30(26)32)36(45)42(37(43)46)23-25-6-3-5-24(17-25)21-39/h1-2,4,7-12,19-20,22,24-25,33,40H,3,5-6,13-18,21,23,39H2. The topological polar surface area (TPSA) is 155 Å². The Morgan fingerprint density at radius 3 is 2.57 bits per heavy atom. The minimum atomic E-state index is -4.68. The zero-order chi connectivity index (χ0) is 35.7. The molecule has 4 aromatic rings. The number of amides is 4. The number of benzene rings is 3. The van der Waals surface area contributed by atoms with Crippen LogP contribution in [0, 0.1) is 11.8 Å². The molecule has 3 aromatic carbocycles. The molecule has 3 heterocycles. The number of sulfonamides is 1. The van der Waals surface area contributed by atoms with E-state index >= 15 is 0 Å². The maximum Gasteiger partial charge on any atom is 0.341 e. The number of para-hydroxylation sites is 1. The molecular formula is C37H40ClN5O7S. The second-order valence-corrected chi connectivity index (χ2v) is 15.6. The quantitative estimate of drug-likeness (QED) is 0.205. The van der Waals surface area contributed by atoms with Gasteiger partial charge in [-0.25, -0.2) is 17.5 Å². The maximum atomic E-state index is 14.7. The highest BCUT2D eigenvalue weighted by Crippen LogP contribution is 2.36. The molecule has 0 radical (unpaired) electrons. The van der Waals surface area contributed by atoms with E-state index in [1.807, 2.05) is 24.3 Å². The van der Waals surface area contributed by atoms with Crippen LogP contribution >= 0.6 is 11.6 Å². The summed E-state index contributed by atoms with van der Waals surface area (Å²) in [5, 5.41) is 1.25. The number of fused-ring (bicyclic) bond motifs is 1. The van der Waals surface area contributed by atoms with Crippen molar-refractivity contribution in [3.63, 3.8) is 0 Å². The van der Waals surface area contributed by atoms with Crippen molar-refractivity contribution in [2.45, 2.75) is 43.0 Å². The van der Waals surface area contributed by atoms with Crippen molar-refractivity contribution in [3.8, 4) is 11.5 Å². The number of nitrogens with one attached hydrogen (secondary N) is 1. The Bertz CT molecular complexity index is 2060. The van der Waals surface area contributed by atoms with Gasteiger partial charge in [0.15, 0.2) is 0 Å². The molecule has 4 amide bonds. The minimum absolute atomic E-state index is 0.0114. The highest BCUT2D eigenvalue weighted by molar-refractivity contribution is 7.89. The second kappa shape index (κ2) is 14.7. The number of nitrogens with two attached hydrogens (primary N) is 1. The molecular weight excluding hydrogens is 694 g/mol. The van der Waals surface area contributed by atoms with Gasteiger partial charge in [-0.3, -0.25) is 14.5 Å². The van der Waals surface area contributed by atoms with Gasteiger partial charge in [0.05, 0.1) is 23.7 Å². The van der Waals surface area contributed by atoms with Crippen LogP contribution in [0.15, 0.2) is 77.8 Å². The molecule has 3 aliphatic rings. The minimum Gasteiger partial charge on any atom is -0.456 e. The molecule has 3 fully saturated rings. The average molecular weight is 734 g/mol. The van der Waals surface area contributed by atoms with E-state index in [0.29, 0.717) is 53.5 Å². The molecule has 2 aliphatic heterocycles. The lowest BCUT2D eigenvalue weighted by atomic mass is 9.81. The third-order valence-corrected chi connectivity index (χ3v) is 12.1. The number of imide groups is 1. The second-order valence-electron chi connectivity index (χ2n) is 13.4. The van der Waals surface area contributed by atoms with Gasteiger partial charge < -0.3 is 25.1 Å². The van der Waals surface area contributed by atoms with E-state index in [1.165, 1.54) is 18.2 Å². The van der Waals surface area contributed by atoms with Crippen molar-refractivity contribution in [2.75, 3.05) is 39.4 Å². The Kier molecular flexibility index (Phi) is 10.1. The fourth-order valence-electron chi connectivity index (χ4n) is 7.42. The number of aromatic nitrogens is 1. The third kappa shape index (κ3) is 7.08. The van der Waals surface area contributed by atoms with E-state index < -0.39 is 33.9 Å². The molecule has 0 bridgehead atoms. The predicted molar refractivity (Wildman–Crippen MR) is 191 cm³/mol. The molecule has 12 nitrogen and oxygen atoms in total. The highest BCUT2D eigenvalue weighted by Gasteiger charge is 2.52. The normalized spacial score (nSPS) is 21.5. The van der Waals surface area contributed by atoms with E-state index in [-0.39, 0.29) is 41.0 Å². The predicted octanol–water partition coefficient (Wildman–Crippen LogP) is 5.42. The van der Waals surface area contributed by atoms with Gasteiger partial charge in [-0.05, 0) is 85.7 Å². The third-order valence-electron chi connectivity index (χ3n) is 10.1. The molecule has 1 aromatic heterocycles. The molecule has 3 atom stereocenters. The number of nitrogens with zero attached hydrogens (tertiary/aromatic N) is 3. The van der Waals surface area contributed by atoms with Crippen molar-refractivity contribution in [1.29, 1.82) is 0 Å². The van der Waals surface area contributed by atoms with Crippen LogP contribution in [0.4, 0.5) is 4.79 Å². The summed E-state index contributed by atoms with van der Waals surface area (Å²) >= 11 is 6.18. The highest BCUT2D eigenvalue weighted by atomic mass is 35.5. The molecule has 268 valence electrons. The Morgan fingerprint density at radius 1 is 1.00 bits per heavy atom. The Balaban J connectivity index is 1.27. The van der Waals surface area contributed by atoms with Gasteiger partial charge in [0.2, 0.25) is 0 Å². The van der Waals surface area contributed by atoms with Gasteiger partial charge in [-0.15, -0.1) is 0 Å². The number of urea groups is 1. The number of carbonyl (C=O) groups is 3. The summed E-state index contributed by atoms with van der Waals surface area (Å²) < 4.78 is 41.6. The van der Waals surface area contributed by atoms with E-state index in [1.54, 1.807) is 35.4 Å². The van der Waals surface area contributed by atoms with Crippen molar-refractivity contribution in [1.82, 2.24) is 19.1 Å². The number of hydrogen-bond donors (Lipinski definition) is 2. The zero-order valence-electron chi connectivity index (χ0n) is 28.0. The van der Waals surface area contributed by atoms with E-state index in [0.717, 1.165) is 41.5 Å². The number of morpholine rings is 1. The largest absolute Gasteiger partial charge is 0.456 e. The van der Waals surface area contributed by atoms with Gasteiger partial charge in [-0.1, -0.05) is 42.3 Å². The SMILES string of the molecule is NCC1CCCC(CN2C(=O)C(Cc3c[nH]c4ccccc34)N(S(=O)(=O)c3ccc(Oc4cccc(Cl)c4)c(C(=O)N4CCOCC4)c3)C2=O)C1. The molecule has 14 heteroatoms. The van der Waals surface area contributed by atoms with Crippen LogP contribution in [0.1, 0.15) is 41.6 Å². The Labute approximate surface area is 301 Å². The first-order valence-electron chi connectivity index (χ1n) is 17.2. The molecule has 0 spiro atoms. The first-order chi connectivity index (χ1) is 24.6. The summed E-state index contributed by atoms with van der Waals surface area (Å²) in [6.45, 7) is 1.90. The fourth-order valence-corrected chi connectivity index (χ4v) is 9.14. The lowest BCUT2D eigenvalue weighted by molar-refractivity contribution is -0.128. The number of rotatable bonds is 10. The molecule has 1 aliphatic carbocycles. The van der Waals surface area contributed by atoms with Crippen LogP contribution in [0.5, 0.6) is 11.5 Å². The summed E-state index contributed by atoms with van der Waals surface area (Å²) in [6, 6.07) is 15.8. The van der Waals surface area contributed by atoms with Crippen molar-refractivity contribution < 1.29 is 32.3 Å². The van der Waals surface area contributed by atoms with E-state index in [9.17, 15) is 22.8 Å². The first kappa shape index (κ1) is 35.0. The summed E-state index contributed by atoms with van der Waals surface area (Å²) in [6.07, 6.45) is 5.19. The Morgan fingerprint density at radius 2 is 1.78 bits per heavy atom. The number of ether oxygens (including phenoxy) is 2. The Hall–Kier alpha value is -4.43. The van der Waals surface area contributed by atoms with Crippen LogP contribution in [0.2, 0.25) is 5.02 Å². The van der Waals surface area contributed by atoms with E-state index in [2.05, 4.69) is 4.98 Å². The summed E-state index contributed by atoms with van der Waals surface area (Å²) in [7, 11) is -4.68. The maximum absolute atomic E-state index is 14.7. The van der Waals surface area contributed by atoms with Crippen LogP contribution in [-0.4, -0.2) is 90.8 Å². The van der Waals surface area contributed by atoms with Crippen molar-refractivity contribution in [3.05, 3.63) is 89.1 Å². The number of hydrogen-bond acceptors (Lipinski definition) is 8. The number of aromatic amines is 1. The van der Waals surface area contributed by atoms with Crippen LogP contribution in [0.25, 0.3) is 10.9 Å². The van der Waals surface area contributed by atoms with Gasteiger partial charge in [-0.2, -0.15) is 0 Å². The van der Waals surface area contributed by atoms with Crippen LogP contribution in [-0.2, 0) is 26.0 Å². The number of H-pyrrole nitrogens is 1. The number of halogens is 1. The lowest BCUT2D eigenvalue weighted by Gasteiger charge is -2.30. The van der Waals surface area contributed by atoms with Crippen LogP contribution < -0.4 is 10.5 Å². The summed E-state index contributed by atoms with van der Waals surface area (Å²) in [5.74, 6) is -0.274. The molecule has 3 unspecified atom stereocenters. The molecule has 7 rings (SSSR count). The smallest absolute Gasteiger partial charge is 0.341 e. The van der Waals surface area contributed by atoms with Crippen molar-refractivity contribution in [2.24, 2.45) is 17.6 Å². The number of carbonyl (C=O) groups excluding carboxylic acids is 3. The fraction of sp³-hybridized carbons (Fsp3) is 0.378. The lowest BCUT2D eigenvalue weighted by Crippen LogP contribution is -2.42. The monoisotopic (exact) mass is 733 g/mol. The van der Waals surface area contributed by atoms with Gasteiger partial charge in [0.1, 0.15) is 17.5 Å². The van der Waals surface area contributed by atoms with Gasteiger partial charge in [0.25, 0.3) is 21.8 Å². The summed E-state index contributed by atoms with van der Waals surface area (Å²) in [4.78, 5) is 47.9. The molecule has 2 saturated heterocycles. The molecule has 3 N–H and O–H groups in total.